The third-order valence-corrected chi connectivity index (χ3v) is 7.15. The average Bonchev–Trinajstić information content (AvgIpc) is 2.75. The summed E-state index contributed by atoms with van der Waals surface area (Å²) in [5.41, 5.74) is 1.17. The maximum atomic E-state index is 12.5. The minimum absolute atomic E-state index is 0.0137. The number of anilines is 1. The van der Waals surface area contributed by atoms with Crippen LogP contribution in [-0.4, -0.2) is 58.1 Å². The molecule has 1 aliphatic rings. The quantitative estimate of drug-likeness (QED) is 0.599. The van der Waals surface area contributed by atoms with E-state index in [0.29, 0.717) is 12.2 Å². The van der Waals surface area contributed by atoms with E-state index in [1.807, 2.05) is 0 Å². The Labute approximate surface area is 192 Å². The number of morpholine rings is 1. The normalized spacial score (nSPS) is 16.0. The van der Waals surface area contributed by atoms with Gasteiger partial charge in [0.25, 0.3) is 10.0 Å². The van der Waals surface area contributed by atoms with Gasteiger partial charge in [-0.25, -0.2) is 8.42 Å². The van der Waals surface area contributed by atoms with Gasteiger partial charge in [-0.05, 0) is 42.8 Å². The number of benzene rings is 2. The lowest BCUT2D eigenvalue weighted by molar-refractivity contribution is -0.120. The molecule has 0 radical (unpaired) electrons. The minimum Gasteiger partial charge on any atom is -0.379 e. The molecule has 0 aromatic heterocycles. The number of hydrogen-bond donors (Lipinski definition) is 2. The molecule has 1 amide bonds. The molecule has 31 heavy (non-hydrogen) atoms. The van der Waals surface area contributed by atoms with Crippen LogP contribution in [0.15, 0.2) is 47.4 Å². The van der Waals surface area contributed by atoms with E-state index in [9.17, 15) is 13.2 Å². The van der Waals surface area contributed by atoms with Crippen LogP contribution in [0.2, 0.25) is 10.0 Å². The zero-order valence-corrected chi connectivity index (χ0v) is 19.4. The average molecular weight is 486 g/mol. The first-order valence-electron chi connectivity index (χ1n) is 9.90. The molecule has 1 heterocycles. The Morgan fingerprint density at radius 2 is 1.77 bits per heavy atom. The largest absolute Gasteiger partial charge is 0.379 e. The number of ether oxygens (including phenoxy) is 1. The van der Waals surface area contributed by atoms with Crippen molar-refractivity contribution in [1.82, 2.24) is 10.2 Å². The highest BCUT2D eigenvalue weighted by molar-refractivity contribution is 7.92. The third kappa shape index (κ3) is 6.82. The van der Waals surface area contributed by atoms with Crippen LogP contribution in [0.4, 0.5) is 5.69 Å². The molecule has 2 N–H and O–H groups in total. The summed E-state index contributed by atoms with van der Waals surface area (Å²) in [6, 6.07) is 11.0. The van der Waals surface area contributed by atoms with Crippen molar-refractivity contribution in [3.8, 4) is 0 Å². The molecular formula is C21H25Cl2N3O4S. The Morgan fingerprint density at radius 3 is 2.42 bits per heavy atom. The first-order valence-corrected chi connectivity index (χ1v) is 12.1. The fraction of sp³-hybridized carbons (Fsp3) is 0.381. The van der Waals surface area contributed by atoms with E-state index in [1.165, 1.54) is 18.2 Å². The van der Waals surface area contributed by atoms with Crippen LogP contribution in [0.25, 0.3) is 0 Å². The standard InChI is InChI=1S/C21H25Cl2N3O4S/c1-15(26-8-10-30-11-9-26)14-24-21(27)12-16-2-4-17(5-3-16)25-31(28,29)18-6-7-19(22)20(23)13-18/h2-7,13,15,25H,8-12,14H2,1H3,(H,24,27). The van der Waals surface area contributed by atoms with Gasteiger partial charge in [0, 0.05) is 31.4 Å². The second-order valence-electron chi connectivity index (χ2n) is 7.36. The van der Waals surface area contributed by atoms with E-state index < -0.39 is 10.0 Å². The van der Waals surface area contributed by atoms with Gasteiger partial charge in [0.05, 0.1) is 34.6 Å². The second kappa shape index (κ2) is 10.7. The van der Waals surface area contributed by atoms with Gasteiger partial charge in [-0.1, -0.05) is 35.3 Å². The van der Waals surface area contributed by atoms with Crippen LogP contribution < -0.4 is 10.0 Å². The van der Waals surface area contributed by atoms with Gasteiger partial charge in [0.15, 0.2) is 0 Å². The van der Waals surface area contributed by atoms with E-state index in [0.717, 1.165) is 31.9 Å². The highest BCUT2D eigenvalue weighted by Gasteiger charge is 2.18. The zero-order valence-electron chi connectivity index (χ0n) is 17.1. The molecular weight excluding hydrogens is 461 g/mol. The molecule has 0 bridgehead atoms. The highest BCUT2D eigenvalue weighted by atomic mass is 35.5. The SMILES string of the molecule is CC(CNC(=O)Cc1ccc(NS(=O)(=O)c2ccc(Cl)c(Cl)c2)cc1)N1CCOCC1. The van der Waals surface area contributed by atoms with Crippen LogP contribution in [0.5, 0.6) is 0 Å². The van der Waals surface area contributed by atoms with Crippen molar-refractivity contribution >= 4 is 44.8 Å². The summed E-state index contributed by atoms with van der Waals surface area (Å²) >= 11 is 11.8. The molecule has 0 spiro atoms. The van der Waals surface area contributed by atoms with E-state index in [4.69, 9.17) is 27.9 Å². The maximum Gasteiger partial charge on any atom is 0.261 e. The minimum atomic E-state index is -3.80. The molecule has 0 saturated carbocycles. The lowest BCUT2D eigenvalue weighted by Crippen LogP contribution is -2.47. The Hall–Kier alpha value is -1.84. The van der Waals surface area contributed by atoms with Crippen molar-refractivity contribution in [2.75, 3.05) is 37.6 Å². The number of carbonyl (C=O) groups excluding carboxylic acids is 1. The summed E-state index contributed by atoms with van der Waals surface area (Å²) in [7, 11) is -3.80. The lowest BCUT2D eigenvalue weighted by Gasteiger charge is -2.32. The van der Waals surface area contributed by atoms with Gasteiger partial charge < -0.3 is 10.1 Å². The van der Waals surface area contributed by atoms with Crippen LogP contribution in [0, 0.1) is 0 Å². The van der Waals surface area contributed by atoms with Gasteiger partial charge in [-0.2, -0.15) is 0 Å². The predicted molar refractivity (Wildman–Crippen MR) is 122 cm³/mol. The Morgan fingerprint density at radius 1 is 1.10 bits per heavy atom. The van der Waals surface area contributed by atoms with Crippen molar-refractivity contribution in [3.05, 3.63) is 58.1 Å². The van der Waals surface area contributed by atoms with Gasteiger partial charge in [-0.3, -0.25) is 14.4 Å². The summed E-state index contributed by atoms with van der Waals surface area (Å²) in [5, 5.41) is 3.40. The van der Waals surface area contributed by atoms with Gasteiger partial charge in [0.1, 0.15) is 0 Å². The molecule has 168 valence electrons. The lowest BCUT2D eigenvalue weighted by atomic mass is 10.1. The second-order valence-corrected chi connectivity index (χ2v) is 9.85. The molecule has 2 aromatic rings. The van der Waals surface area contributed by atoms with Gasteiger partial charge >= 0.3 is 0 Å². The number of nitrogens with one attached hydrogen (secondary N) is 2. The topological polar surface area (TPSA) is 87.7 Å². The van der Waals surface area contributed by atoms with Crippen molar-refractivity contribution in [2.24, 2.45) is 0 Å². The molecule has 1 atom stereocenters. The molecule has 1 aliphatic heterocycles. The van der Waals surface area contributed by atoms with Crippen molar-refractivity contribution < 1.29 is 17.9 Å². The number of carbonyl (C=O) groups is 1. The van der Waals surface area contributed by atoms with E-state index in [2.05, 4.69) is 21.9 Å². The predicted octanol–water partition coefficient (Wildman–Crippen LogP) is 3.17. The van der Waals surface area contributed by atoms with E-state index >= 15 is 0 Å². The van der Waals surface area contributed by atoms with Crippen LogP contribution >= 0.6 is 23.2 Å². The monoisotopic (exact) mass is 485 g/mol. The number of halogens is 2. The summed E-state index contributed by atoms with van der Waals surface area (Å²) in [4.78, 5) is 14.6. The summed E-state index contributed by atoms with van der Waals surface area (Å²) in [6.45, 7) is 5.84. The van der Waals surface area contributed by atoms with Crippen LogP contribution in [0.3, 0.4) is 0 Å². The first-order chi connectivity index (χ1) is 14.7. The van der Waals surface area contributed by atoms with Gasteiger partial charge in [0.2, 0.25) is 5.91 Å². The van der Waals surface area contributed by atoms with Crippen molar-refractivity contribution in [3.63, 3.8) is 0 Å². The molecule has 1 saturated heterocycles. The number of amides is 1. The summed E-state index contributed by atoms with van der Waals surface area (Å²) in [6.07, 6.45) is 0.218. The molecule has 3 rings (SSSR count). The number of hydrogen-bond acceptors (Lipinski definition) is 5. The Kier molecular flexibility index (Phi) is 8.18. The zero-order chi connectivity index (χ0) is 22.4. The van der Waals surface area contributed by atoms with Crippen molar-refractivity contribution in [2.45, 2.75) is 24.3 Å². The molecule has 7 nitrogen and oxygen atoms in total. The number of nitrogens with zero attached hydrogens (tertiary/aromatic N) is 1. The fourth-order valence-electron chi connectivity index (χ4n) is 3.21. The van der Waals surface area contributed by atoms with Crippen LogP contribution in [0.1, 0.15) is 12.5 Å². The number of rotatable bonds is 8. The van der Waals surface area contributed by atoms with E-state index in [-0.39, 0.29) is 33.3 Å². The molecule has 0 aliphatic carbocycles. The summed E-state index contributed by atoms with van der Waals surface area (Å²) in [5.74, 6) is -0.0794. The highest BCUT2D eigenvalue weighted by Crippen LogP contribution is 2.26. The molecule has 1 unspecified atom stereocenters. The van der Waals surface area contributed by atoms with Crippen LogP contribution in [-0.2, 0) is 26.0 Å². The Bertz CT molecular complexity index is 1010. The smallest absolute Gasteiger partial charge is 0.261 e. The molecule has 1 fully saturated rings. The summed E-state index contributed by atoms with van der Waals surface area (Å²) < 4.78 is 32.9. The molecule has 2 aromatic carbocycles. The fourth-order valence-corrected chi connectivity index (χ4v) is 4.65. The first kappa shape index (κ1) is 23.8. The number of sulfonamides is 1. The third-order valence-electron chi connectivity index (χ3n) is 5.04. The maximum absolute atomic E-state index is 12.5. The van der Waals surface area contributed by atoms with Gasteiger partial charge in [-0.15, -0.1) is 0 Å². The Balaban J connectivity index is 1.52. The van der Waals surface area contributed by atoms with E-state index in [1.54, 1.807) is 24.3 Å². The van der Waals surface area contributed by atoms with Crippen molar-refractivity contribution in [1.29, 1.82) is 0 Å². The molecule has 10 heteroatoms.